The number of nitrogen functional groups attached to an aromatic ring is 1. The van der Waals surface area contributed by atoms with Crippen LogP contribution in [0.1, 0.15) is 30.6 Å². The first kappa shape index (κ1) is 14.4. The van der Waals surface area contributed by atoms with Crippen LogP contribution in [0.4, 0.5) is 5.82 Å². The van der Waals surface area contributed by atoms with Crippen molar-refractivity contribution in [1.82, 2.24) is 15.2 Å². The smallest absolute Gasteiger partial charge is 0.251 e. The summed E-state index contributed by atoms with van der Waals surface area (Å²) >= 11 is 0. The summed E-state index contributed by atoms with van der Waals surface area (Å²) in [4.78, 5) is 18.0. The van der Waals surface area contributed by atoms with E-state index in [-0.39, 0.29) is 5.91 Å². The molecule has 0 radical (unpaired) electrons. The van der Waals surface area contributed by atoms with Crippen LogP contribution < -0.4 is 11.1 Å². The Bertz CT molecular complexity index is 381. The van der Waals surface area contributed by atoms with Crippen molar-refractivity contribution in [2.75, 3.05) is 31.9 Å². The Morgan fingerprint density at radius 2 is 2.22 bits per heavy atom. The SMILES string of the molecule is CCCN(CC)CCNC(=O)c1ccnc(N)c1. The van der Waals surface area contributed by atoms with Crippen LogP contribution >= 0.6 is 0 Å². The van der Waals surface area contributed by atoms with Crippen molar-refractivity contribution >= 4 is 11.7 Å². The summed E-state index contributed by atoms with van der Waals surface area (Å²) in [5.41, 5.74) is 6.09. The molecule has 1 amide bonds. The van der Waals surface area contributed by atoms with Crippen molar-refractivity contribution in [2.45, 2.75) is 20.3 Å². The predicted octanol–water partition coefficient (Wildman–Crippen LogP) is 1.13. The third-order valence-electron chi connectivity index (χ3n) is 2.74. The summed E-state index contributed by atoms with van der Waals surface area (Å²) in [7, 11) is 0. The highest BCUT2D eigenvalue weighted by molar-refractivity contribution is 5.94. The van der Waals surface area contributed by atoms with Crippen molar-refractivity contribution in [3.05, 3.63) is 23.9 Å². The Morgan fingerprint density at radius 3 is 2.83 bits per heavy atom. The van der Waals surface area contributed by atoms with Crippen LogP contribution in [0.25, 0.3) is 0 Å². The molecule has 5 nitrogen and oxygen atoms in total. The van der Waals surface area contributed by atoms with Gasteiger partial charge in [0.15, 0.2) is 0 Å². The molecule has 3 N–H and O–H groups in total. The maximum atomic E-state index is 11.8. The van der Waals surface area contributed by atoms with E-state index < -0.39 is 0 Å². The Kier molecular flexibility index (Phi) is 6.14. The van der Waals surface area contributed by atoms with E-state index in [0.717, 1.165) is 26.1 Å². The number of nitrogens with one attached hydrogen (secondary N) is 1. The molecule has 0 aliphatic rings. The molecule has 0 spiro atoms. The van der Waals surface area contributed by atoms with Crippen LogP contribution in [0, 0.1) is 0 Å². The van der Waals surface area contributed by atoms with E-state index in [1.807, 2.05) is 0 Å². The molecular formula is C13H22N4O. The third kappa shape index (κ3) is 4.71. The van der Waals surface area contributed by atoms with E-state index in [9.17, 15) is 4.79 Å². The molecule has 0 fully saturated rings. The zero-order valence-corrected chi connectivity index (χ0v) is 11.1. The van der Waals surface area contributed by atoms with E-state index >= 15 is 0 Å². The zero-order valence-electron chi connectivity index (χ0n) is 11.1. The average molecular weight is 250 g/mol. The fraction of sp³-hybridized carbons (Fsp3) is 0.538. The second-order valence-corrected chi connectivity index (χ2v) is 4.16. The van der Waals surface area contributed by atoms with Gasteiger partial charge in [0.25, 0.3) is 5.91 Å². The molecule has 0 aliphatic carbocycles. The van der Waals surface area contributed by atoms with Crippen LogP contribution in [0.15, 0.2) is 18.3 Å². The molecule has 0 unspecified atom stereocenters. The lowest BCUT2D eigenvalue weighted by Crippen LogP contribution is -2.35. The normalized spacial score (nSPS) is 10.6. The highest BCUT2D eigenvalue weighted by Crippen LogP contribution is 2.02. The molecule has 0 saturated carbocycles. The van der Waals surface area contributed by atoms with E-state index in [0.29, 0.717) is 17.9 Å². The summed E-state index contributed by atoms with van der Waals surface area (Å²) in [6.45, 7) is 7.87. The van der Waals surface area contributed by atoms with Crippen molar-refractivity contribution in [3.8, 4) is 0 Å². The van der Waals surface area contributed by atoms with Crippen LogP contribution in [0.3, 0.4) is 0 Å². The number of carbonyl (C=O) groups is 1. The Labute approximate surface area is 108 Å². The molecule has 0 aromatic carbocycles. The number of amides is 1. The van der Waals surface area contributed by atoms with Gasteiger partial charge >= 0.3 is 0 Å². The van der Waals surface area contributed by atoms with Gasteiger partial charge in [-0.2, -0.15) is 0 Å². The monoisotopic (exact) mass is 250 g/mol. The molecule has 0 saturated heterocycles. The number of hydrogen-bond donors (Lipinski definition) is 2. The quantitative estimate of drug-likeness (QED) is 0.761. The fourth-order valence-corrected chi connectivity index (χ4v) is 1.76. The first-order valence-corrected chi connectivity index (χ1v) is 6.39. The second kappa shape index (κ2) is 7.66. The maximum absolute atomic E-state index is 11.8. The topological polar surface area (TPSA) is 71.2 Å². The van der Waals surface area contributed by atoms with Gasteiger partial charge in [0.05, 0.1) is 0 Å². The molecular weight excluding hydrogens is 228 g/mol. The number of nitrogens with zero attached hydrogens (tertiary/aromatic N) is 2. The van der Waals surface area contributed by atoms with Gasteiger partial charge in [0.1, 0.15) is 5.82 Å². The average Bonchev–Trinajstić information content (AvgIpc) is 2.37. The van der Waals surface area contributed by atoms with Gasteiger partial charge in [-0.25, -0.2) is 4.98 Å². The Hall–Kier alpha value is -1.62. The number of aromatic nitrogens is 1. The lowest BCUT2D eigenvalue weighted by atomic mass is 10.2. The first-order valence-electron chi connectivity index (χ1n) is 6.39. The van der Waals surface area contributed by atoms with Gasteiger partial charge in [0.2, 0.25) is 0 Å². The van der Waals surface area contributed by atoms with E-state index in [1.165, 1.54) is 0 Å². The summed E-state index contributed by atoms with van der Waals surface area (Å²) in [6, 6.07) is 3.24. The molecule has 0 bridgehead atoms. The zero-order chi connectivity index (χ0) is 13.4. The fourth-order valence-electron chi connectivity index (χ4n) is 1.76. The van der Waals surface area contributed by atoms with E-state index in [1.54, 1.807) is 18.3 Å². The van der Waals surface area contributed by atoms with Gasteiger partial charge < -0.3 is 16.0 Å². The maximum Gasteiger partial charge on any atom is 0.251 e. The van der Waals surface area contributed by atoms with Gasteiger partial charge in [-0.3, -0.25) is 4.79 Å². The Morgan fingerprint density at radius 1 is 1.44 bits per heavy atom. The van der Waals surface area contributed by atoms with Gasteiger partial charge in [-0.15, -0.1) is 0 Å². The standard InChI is InChI=1S/C13H22N4O/c1-3-8-17(4-2)9-7-16-13(18)11-5-6-15-12(14)10-11/h5-6,10H,3-4,7-9H2,1-2H3,(H2,14,15)(H,16,18). The molecule has 1 rings (SSSR count). The predicted molar refractivity (Wildman–Crippen MR) is 73.4 cm³/mol. The highest BCUT2D eigenvalue weighted by Gasteiger charge is 2.06. The van der Waals surface area contributed by atoms with Crippen LogP contribution in [0.5, 0.6) is 0 Å². The van der Waals surface area contributed by atoms with Gasteiger partial charge in [-0.05, 0) is 31.6 Å². The minimum atomic E-state index is -0.100. The summed E-state index contributed by atoms with van der Waals surface area (Å²) < 4.78 is 0. The van der Waals surface area contributed by atoms with Gasteiger partial charge in [-0.1, -0.05) is 13.8 Å². The van der Waals surface area contributed by atoms with E-state index in [2.05, 4.69) is 29.0 Å². The number of carbonyl (C=O) groups excluding carboxylic acids is 1. The highest BCUT2D eigenvalue weighted by atomic mass is 16.1. The van der Waals surface area contributed by atoms with Crippen molar-refractivity contribution in [2.24, 2.45) is 0 Å². The van der Waals surface area contributed by atoms with Gasteiger partial charge in [0, 0.05) is 24.8 Å². The molecule has 0 aliphatic heterocycles. The summed E-state index contributed by atoms with van der Waals surface area (Å²) in [6.07, 6.45) is 2.67. The summed E-state index contributed by atoms with van der Waals surface area (Å²) in [5, 5.41) is 2.89. The lowest BCUT2D eigenvalue weighted by Gasteiger charge is -2.19. The number of likely N-dealkylation sites (N-methyl/N-ethyl adjacent to an activating group) is 1. The third-order valence-corrected chi connectivity index (χ3v) is 2.74. The van der Waals surface area contributed by atoms with Crippen LogP contribution in [0.2, 0.25) is 0 Å². The summed E-state index contributed by atoms with van der Waals surface area (Å²) in [5.74, 6) is 0.264. The molecule has 1 heterocycles. The lowest BCUT2D eigenvalue weighted by molar-refractivity contribution is 0.0948. The molecule has 100 valence electrons. The molecule has 0 atom stereocenters. The van der Waals surface area contributed by atoms with E-state index in [4.69, 9.17) is 5.73 Å². The Balaban J connectivity index is 2.37. The number of anilines is 1. The second-order valence-electron chi connectivity index (χ2n) is 4.16. The number of hydrogen-bond acceptors (Lipinski definition) is 4. The molecule has 5 heteroatoms. The molecule has 18 heavy (non-hydrogen) atoms. The number of rotatable bonds is 7. The minimum absolute atomic E-state index is 0.100. The van der Waals surface area contributed by atoms with Crippen molar-refractivity contribution in [1.29, 1.82) is 0 Å². The molecule has 1 aromatic rings. The van der Waals surface area contributed by atoms with Crippen LogP contribution in [-0.4, -0.2) is 42.0 Å². The van der Waals surface area contributed by atoms with Crippen molar-refractivity contribution < 1.29 is 4.79 Å². The minimum Gasteiger partial charge on any atom is -0.384 e. The van der Waals surface area contributed by atoms with Crippen molar-refractivity contribution in [3.63, 3.8) is 0 Å². The first-order chi connectivity index (χ1) is 8.67. The number of nitrogens with two attached hydrogens (primary N) is 1. The molecule has 1 aromatic heterocycles. The van der Waals surface area contributed by atoms with Crippen LogP contribution in [-0.2, 0) is 0 Å². The number of pyridine rings is 1. The largest absolute Gasteiger partial charge is 0.384 e.